The lowest BCUT2D eigenvalue weighted by atomic mass is 9.98. The van der Waals surface area contributed by atoms with E-state index in [2.05, 4.69) is 62.7 Å². The van der Waals surface area contributed by atoms with Crippen LogP contribution in [-0.2, 0) is 25.7 Å². The maximum atomic E-state index is 5.64. The summed E-state index contributed by atoms with van der Waals surface area (Å²) in [5, 5.41) is 4.37. The quantitative estimate of drug-likeness (QED) is 0.0538. The van der Waals surface area contributed by atoms with Gasteiger partial charge in [-0.3, -0.25) is 0 Å². The van der Waals surface area contributed by atoms with Crippen molar-refractivity contribution in [2.45, 2.75) is 156 Å². The highest BCUT2D eigenvalue weighted by Gasteiger charge is 2.25. The summed E-state index contributed by atoms with van der Waals surface area (Å²) in [4.78, 5) is 25.0. The molecule has 1 aromatic carbocycles. The molecule has 258 valence electrons. The Labute approximate surface area is 298 Å². The van der Waals surface area contributed by atoms with E-state index in [-0.39, 0.29) is 0 Å². The normalized spacial score (nSPS) is 11.8. The van der Waals surface area contributed by atoms with E-state index in [9.17, 15) is 0 Å². The minimum Gasteiger partial charge on any atom is -0.248 e. The Balaban J connectivity index is 1.77. The second-order valence-electron chi connectivity index (χ2n) is 13.6. The van der Waals surface area contributed by atoms with Gasteiger partial charge in [-0.1, -0.05) is 117 Å². The molecule has 0 aliphatic carbocycles. The van der Waals surface area contributed by atoms with Crippen molar-refractivity contribution in [3.8, 4) is 20.9 Å². The highest BCUT2D eigenvalue weighted by Crippen LogP contribution is 2.44. The molecule has 0 atom stereocenters. The van der Waals surface area contributed by atoms with Crippen LogP contribution in [0.15, 0.2) is 35.0 Å². The van der Waals surface area contributed by atoms with Gasteiger partial charge in [-0.05, 0) is 74.3 Å². The van der Waals surface area contributed by atoms with Gasteiger partial charge in [0.1, 0.15) is 22.1 Å². The van der Waals surface area contributed by atoms with Crippen molar-refractivity contribution < 1.29 is 0 Å². The summed E-state index contributed by atoms with van der Waals surface area (Å²) in [6, 6.07) is 8.80. The van der Waals surface area contributed by atoms with Gasteiger partial charge in [0.2, 0.25) is 0 Å². The standard InChI is InChI=1S/C42H58N4S2/c1-5-9-13-17-23-31-32(24-18-14-10-6-2)44-40-38(36-28-22-30-48-36)42-41(37(39(40)43-31)35-27-21-29-47-35)45-33(25-19-15-11-7-3)34(46-42)26-20-16-12-8-4/h21-22,27-30H,5-20,23-26H2,1-4H3. The second-order valence-corrected chi connectivity index (χ2v) is 15.5. The molecular weight excluding hydrogens is 625 g/mol. The minimum absolute atomic E-state index is 0.993. The van der Waals surface area contributed by atoms with Gasteiger partial charge in [0, 0.05) is 20.9 Å². The molecule has 4 heterocycles. The Bertz CT molecular complexity index is 1460. The van der Waals surface area contributed by atoms with Crippen LogP contribution in [0, 0.1) is 0 Å². The predicted molar refractivity (Wildman–Crippen MR) is 211 cm³/mol. The van der Waals surface area contributed by atoms with Crippen LogP contribution < -0.4 is 0 Å². The number of aromatic nitrogens is 4. The Morgan fingerprint density at radius 2 is 0.688 bits per heavy atom. The first kappa shape index (κ1) is 36.6. The monoisotopic (exact) mass is 682 g/mol. The van der Waals surface area contributed by atoms with Crippen molar-refractivity contribution in [2.24, 2.45) is 0 Å². The lowest BCUT2D eigenvalue weighted by Gasteiger charge is -2.19. The summed E-state index contributed by atoms with van der Waals surface area (Å²) in [5.74, 6) is 0. The third-order valence-corrected chi connectivity index (χ3v) is 11.4. The lowest BCUT2D eigenvalue weighted by molar-refractivity contribution is 0.638. The van der Waals surface area contributed by atoms with Gasteiger partial charge in [0.25, 0.3) is 0 Å². The fraction of sp³-hybridized carbons (Fsp3) is 0.571. The topological polar surface area (TPSA) is 51.6 Å². The van der Waals surface area contributed by atoms with Crippen LogP contribution in [0.1, 0.15) is 153 Å². The van der Waals surface area contributed by atoms with Gasteiger partial charge in [0.15, 0.2) is 0 Å². The van der Waals surface area contributed by atoms with E-state index in [4.69, 9.17) is 19.9 Å². The summed E-state index contributed by atoms with van der Waals surface area (Å²) in [6.45, 7) is 9.15. The molecule has 0 aliphatic rings. The Morgan fingerprint density at radius 1 is 0.396 bits per heavy atom. The summed E-state index contributed by atoms with van der Waals surface area (Å²) in [7, 11) is 0. The molecule has 0 aliphatic heterocycles. The molecule has 0 spiro atoms. The molecule has 5 rings (SSSR count). The Morgan fingerprint density at radius 3 is 0.917 bits per heavy atom. The number of aryl methyl sites for hydroxylation is 4. The Hall–Kier alpha value is -2.70. The number of hydrogen-bond acceptors (Lipinski definition) is 6. The number of fused-ring (bicyclic) bond motifs is 2. The average molecular weight is 683 g/mol. The summed E-state index contributed by atoms with van der Waals surface area (Å²) >= 11 is 3.57. The van der Waals surface area contributed by atoms with Gasteiger partial charge in [-0.25, -0.2) is 19.9 Å². The van der Waals surface area contributed by atoms with E-state index in [1.807, 2.05) is 0 Å². The number of benzene rings is 1. The maximum Gasteiger partial charge on any atom is 0.101 e. The molecule has 0 radical (unpaired) electrons. The van der Waals surface area contributed by atoms with Crippen molar-refractivity contribution in [1.29, 1.82) is 0 Å². The summed E-state index contributed by atoms with van der Waals surface area (Å²) < 4.78 is 0. The molecule has 0 fully saturated rings. The van der Waals surface area contributed by atoms with E-state index < -0.39 is 0 Å². The second kappa shape index (κ2) is 19.5. The molecule has 0 N–H and O–H groups in total. The number of rotatable bonds is 22. The van der Waals surface area contributed by atoms with E-state index in [1.54, 1.807) is 22.7 Å². The molecule has 0 unspecified atom stereocenters. The number of hydrogen-bond donors (Lipinski definition) is 0. The van der Waals surface area contributed by atoms with Gasteiger partial charge in [-0.15, -0.1) is 22.7 Å². The van der Waals surface area contributed by atoms with Crippen LogP contribution in [0.5, 0.6) is 0 Å². The lowest BCUT2D eigenvalue weighted by Crippen LogP contribution is -2.09. The number of nitrogens with zero attached hydrogens (tertiary/aromatic N) is 4. The van der Waals surface area contributed by atoms with Crippen molar-refractivity contribution in [3.63, 3.8) is 0 Å². The number of thiophene rings is 2. The minimum atomic E-state index is 0.993. The summed E-state index contributed by atoms with van der Waals surface area (Å²) in [6.07, 6.45) is 23.7. The van der Waals surface area contributed by atoms with E-state index in [0.29, 0.717) is 0 Å². The van der Waals surface area contributed by atoms with Gasteiger partial charge in [-0.2, -0.15) is 0 Å². The van der Waals surface area contributed by atoms with Crippen LogP contribution in [0.2, 0.25) is 0 Å². The van der Waals surface area contributed by atoms with E-state index in [0.717, 1.165) is 58.9 Å². The van der Waals surface area contributed by atoms with Gasteiger partial charge < -0.3 is 0 Å². The molecule has 4 nitrogen and oxygen atoms in total. The largest absolute Gasteiger partial charge is 0.248 e. The first-order valence-electron chi connectivity index (χ1n) is 19.3. The van der Waals surface area contributed by atoms with Crippen LogP contribution >= 0.6 is 22.7 Å². The van der Waals surface area contributed by atoms with E-state index >= 15 is 0 Å². The van der Waals surface area contributed by atoms with Gasteiger partial charge in [0.05, 0.1) is 22.8 Å². The highest BCUT2D eigenvalue weighted by molar-refractivity contribution is 7.14. The third-order valence-electron chi connectivity index (χ3n) is 9.65. The molecule has 6 heteroatoms. The predicted octanol–water partition coefficient (Wildman–Crippen LogP) is 13.5. The smallest absolute Gasteiger partial charge is 0.101 e. The van der Waals surface area contributed by atoms with Crippen LogP contribution in [0.25, 0.3) is 42.9 Å². The summed E-state index contributed by atoms with van der Waals surface area (Å²) in [5.41, 5.74) is 11.1. The molecule has 0 bridgehead atoms. The zero-order valence-corrected chi connectivity index (χ0v) is 31.8. The van der Waals surface area contributed by atoms with E-state index in [1.165, 1.54) is 135 Å². The van der Waals surface area contributed by atoms with Crippen molar-refractivity contribution in [2.75, 3.05) is 0 Å². The molecule has 5 aromatic rings. The molecule has 0 saturated carbocycles. The molecule has 48 heavy (non-hydrogen) atoms. The zero-order valence-electron chi connectivity index (χ0n) is 30.2. The van der Waals surface area contributed by atoms with Crippen LogP contribution in [-0.4, -0.2) is 19.9 Å². The molecular formula is C42H58N4S2. The first-order chi connectivity index (χ1) is 23.7. The van der Waals surface area contributed by atoms with Crippen molar-refractivity contribution in [1.82, 2.24) is 19.9 Å². The molecule has 0 saturated heterocycles. The molecule has 0 amide bonds. The SMILES string of the molecule is CCCCCCc1nc2c(-c3cccs3)c3nc(CCCCCC)c(CCCCCC)nc3c(-c3cccs3)c2nc1CCCCCC. The fourth-order valence-electron chi connectivity index (χ4n) is 6.92. The first-order valence-corrected chi connectivity index (χ1v) is 21.1. The van der Waals surface area contributed by atoms with Crippen LogP contribution in [0.4, 0.5) is 0 Å². The average Bonchev–Trinajstić information content (AvgIpc) is 3.84. The third kappa shape index (κ3) is 9.29. The maximum absolute atomic E-state index is 5.64. The fourth-order valence-corrected chi connectivity index (χ4v) is 8.46. The van der Waals surface area contributed by atoms with Crippen LogP contribution in [0.3, 0.4) is 0 Å². The van der Waals surface area contributed by atoms with Crippen molar-refractivity contribution in [3.05, 3.63) is 57.8 Å². The number of unbranched alkanes of at least 4 members (excludes halogenated alkanes) is 12. The molecule has 4 aromatic heterocycles. The van der Waals surface area contributed by atoms with Crippen molar-refractivity contribution >= 4 is 44.7 Å². The Kier molecular flexibility index (Phi) is 14.8. The zero-order chi connectivity index (χ0) is 33.6. The van der Waals surface area contributed by atoms with Gasteiger partial charge >= 0.3 is 0 Å². The highest BCUT2D eigenvalue weighted by atomic mass is 32.1.